The maximum Gasteiger partial charge on any atom is 0.490 e. The standard InChI is InChI=1S/C17H11F9N4O3/c1-6-2-3-7(4-8(6)9-5-29-11(27)10(30-9)15(18,19)20)14(12(28)31,17(24,25)26)33-13(32)16(21,22)23/h2-5H,1H3,(H2,27,29)(H2,28,31). The fraction of sp³-hybridized carbons (Fsp3) is 0.294. The molecule has 1 aromatic heterocycles. The number of nitrogens with zero attached hydrogens (tertiary/aromatic N) is 2. The number of hydrogen-bond donors (Lipinski definition) is 2. The Balaban J connectivity index is 2.81. The maximum atomic E-state index is 13.8. The second kappa shape index (κ2) is 8.08. The van der Waals surface area contributed by atoms with E-state index in [0.29, 0.717) is 18.3 Å². The van der Waals surface area contributed by atoms with E-state index in [1.54, 1.807) is 0 Å². The molecule has 2 aromatic rings. The van der Waals surface area contributed by atoms with Gasteiger partial charge in [0, 0.05) is 11.1 Å². The summed E-state index contributed by atoms with van der Waals surface area (Å²) in [7, 11) is 0. The van der Waals surface area contributed by atoms with E-state index in [4.69, 9.17) is 11.5 Å². The molecular formula is C17H11F9N4O3. The number of ether oxygens (including phenoxy) is 1. The number of aromatic nitrogens is 2. The van der Waals surface area contributed by atoms with E-state index in [2.05, 4.69) is 14.7 Å². The second-order valence-corrected chi connectivity index (χ2v) is 6.45. The minimum atomic E-state index is -6.00. The molecule has 1 atom stereocenters. The molecule has 7 nitrogen and oxygen atoms in total. The van der Waals surface area contributed by atoms with Gasteiger partial charge in [0.15, 0.2) is 11.5 Å². The lowest BCUT2D eigenvalue weighted by atomic mass is 9.88. The van der Waals surface area contributed by atoms with Gasteiger partial charge in [-0.1, -0.05) is 12.1 Å². The first-order chi connectivity index (χ1) is 14.8. The largest absolute Gasteiger partial charge is 0.490 e. The first kappa shape index (κ1) is 25.7. The van der Waals surface area contributed by atoms with E-state index in [1.165, 1.54) is 6.92 Å². The summed E-state index contributed by atoms with van der Waals surface area (Å²) in [6.07, 6.45) is -16.4. The molecule has 1 unspecified atom stereocenters. The predicted octanol–water partition coefficient (Wildman–Crippen LogP) is 3.40. The molecular weight excluding hydrogens is 479 g/mol. The second-order valence-electron chi connectivity index (χ2n) is 6.45. The van der Waals surface area contributed by atoms with E-state index in [0.717, 1.165) is 6.07 Å². The molecule has 0 aliphatic rings. The first-order valence-corrected chi connectivity index (χ1v) is 8.30. The van der Waals surface area contributed by atoms with Gasteiger partial charge in [-0.25, -0.2) is 14.8 Å². The summed E-state index contributed by atoms with van der Waals surface area (Å²) >= 11 is 0. The molecule has 1 amide bonds. The lowest BCUT2D eigenvalue weighted by Gasteiger charge is -2.33. The number of alkyl halides is 9. The number of hydrogen-bond acceptors (Lipinski definition) is 6. The molecule has 4 N–H and O–H groups in total. The van der Waals surface area contributed by atoms with Crippen LogP contribution in [0.4, 0.5) is 45.3 Å². The Morgan fingerprint density at radius 1 is 1.00 bits per heavy atom. The zero-order valence-corrected chi connectivity index (χ0v) is 16.0. The SMILES string of the molecule is Cc1ccc(C(OC(=O)C(F)(F)F)(C(N)=O)C(F)(F)F)cc1-c1cnc(N)c(C(F)(F)F)n1. The number of benzene rings is 1. The summed E-state index contributed by atoms with van der Waals surface area (Å²) in [5.74, 6) is -6.98. The molecule has 0 aliphatic carbocycles. The lowest BCUT2D eigenvalue weighted by Crippen LogP contribution is -2.57. The van der Waals surface area contributed by atoms with Gasteiger partial charge < -0.3 is 16.2 Å². The number of carbonyl (C=O) groups is 2. The molecule has 1 aromatic carbocycles. The molecule has 2 rings (SSSR count). The predicted molar refractivity (Wildman–Crippen MR) is 90.7 cm³/mol. The van der Waals surface area contributed by atoms with E-state index in [1.807, 2.05) is 0 Å². The average molecular weight is 490 g/mol. The molecule has 16 heteroatoms. The Morgan fingerprint density at radius 2 is 1.58 bits per heavy atom. The van der Waals surface area contributed by atoms with Crippen molar-refractivity contribution in [1.82, 2.24) is 9.97 Å². The van der Waals surface area contributed by atoms with Gasteiger partial charge in [0.1, 0.15) is 0 Å². The van der Waals surface area contributed by atoms with Crippen LogP contribution in [-0.2, 0) is 26.1 Å². The molecule has 0 bridgehead atoms. The maximum absolute atomic E-state index is 13.8. The highest BCUT2D eigenvalue weighted by atomic mass is 19.4. The van der Waals surface area contributed by atoms with Gasteiger partial charge in [0.25, 0.3) is 5.91 Å². The molecule has 33 heavy (non-hydrogen) atoms. The smallest absolute Gasteiger partial charge is 0.427 e. The van der Waals surface area contributed by atoms with Gasteiger partial charge in [0.2, 0.25) is 0 Å². The molecule has 0 saturated carbocycles. The Kier molecular flexibility index (Phi) is 6.28. The zero-order chi connectivity index (χ0) is 25.6. The van der Waals surface area contributed by atoms with Crippen molar-refractivity contribution in [3.8, 4) is 11.3 Å². The van der Waals surface area contributed by atoms with Gasteiger partial charge in [0.05, 0.1) is 11.9 Å². The van der Waals surface area contributed by atoms with Crippen molar-refractivity contribution in [2.24, 2.45) is 5.73 Å². The van der Waals surface area contributed by atoms with E-state index in [9.17, 15) is 49.1 Å². The van der Waals surface area contributed by atoms with Gasteiger partial charge in [-0.05, 0) is 18.6 Å². The molecule has 0 radical (unpaired) electrons. The Hall–Kier alpha value is -3.59. The van der Waals surface area contributed by atoms with Crippen LogP contribution in [0.2, 0.25) is 0 Å². The van der Waals surface area contributed by atoms with E-state index in [-0.39, 0.29) is 5.56 Å². The molecule has 0 aliphatic heterocycles. The van der Waals surface area contributed by atoms with Gasteiger partial charge in [-0.3, -0.25) is 4.79 Å². The normalized spacial score (nSPS) is 14.5. The quantitative estimate of drug-likeness (QED) is 0.501. The third-order valence-corrected chi connectivity index (χ3v) is 4.21. The summed E-state index contributed by atoms with van der Waals surface area (Å²) in [6, 6.07) is 1.63. The van der Waals surface area contributed by atoms with Crippen LogP contribution in [0.1, 0.15) is 16.8 Å². The van der Waals surface area contributed by atoms with Crippen LogP contribution in [0.15, 0.2) is 24.4 Å². The van der Waals surface area contributed by atoms with Crippen molar-refractivity contribution < 1.29 is 53.8 Å². The highest BCUT2D eigenvalue weighted by Crippen LogP contribution is 2.45. The number of amides is 1. The topological polar surface area (TPSA) is 121 Å². The van der Waals surface area contributed by atoms with Crippen LogP contribution in [0.5, 0.6) is 0 Å². The highest BCUT2D eigenvalue weighted by molar-refractivity contribution is 5.90. The molecule has 0 spiro atoms. The minimum absolute atomic E-state index is 0.0337. The number of primary amides is 1. The van der Waals surface area contributed by atoms with Gasteiger partial charge >= 0.3 is 30.1 Å². The number of halogens is 9. The van der Waals surface area contributed by atoms with Gasteiger partial charge in [-0.2, -0.15) is 39.5 Å². The lowest BCUT2D eigenvalue weighted by molar-refractivity contribution is -0.280. The Morgan fingerprint density at radius 3 is 2.03 bits per heavy atom. The Bertz CT molecular complexity index is 1100. The van der Waals surface area contributed by atoms with E-state index >= 15 is 0 Å². The van der Waals surface area contributed by atoms with Crippen LogP contribution >= 0.6 is 0 Å². The summed E-state index contributed by atoms with van der Waals surface area (Å²) < 4.78 is 122. The van der Waals surface area contributed by atoms with Gasteiger partial charge in [-0.15, -0.1) is 0 Å². The third kappa shape index (κ3) is 4.78. The molecule has 0 saturated heterocycles. The number of rotatable bonds is 4. The van der Waals surface area contributed by atoms with Crippen molar-refractivity contribution >= 4 is 17.7 Å². The van der Waals surface area contributed by atoms with Crippen molar-refractivity contribution in [2.75, 3.05) is 5.73 Å². The van der Waals surface area contributed by atoms with Crippen LogP contribution in [-0.4, -0.2) is 34.2 Å². The van der Waals surface area contributed by atoms with Crippen LogP contribution in [0, 0.1) is 6.92 Å². The minimum Gasteiger partial charge on any atom is -0.427 e. The number of esters is 1. The number of nitrogens with two attached hydrogens (primary N) is 2. The molecule has 0 fully saturated rings. The summed E-state index contributed by atoms with van der Waals surface area (Å²) in [5.41, 5.74) is 0.833. The zero-order valence-electron chi connectivity index (χ0n) is 16.0. The van der Waals surface area contributed by atoms with Crippen molar-refractivity contribution in [3.05, 3.63) is 41.2 Å². The highest BCUT2D eigenvalue weighted by Gasteiger charge is 2.66. The monoisotopic (exact) mass is 490 g/mol. The van der Waals surface area contributed by atoms with Crippen LogP contribution in [0.3, 0.4) is 0 Å². The molecule has 180 valence electrons. The van der Waals surface area contributed by atoms with Crippen LogP contribution < -0.4 is 11.5 Å². The summed E-state index contributed by atoms with van der Waals surface area (Å²) in [6.45, 7) is 1.20. The number of anilines is 1. The fourth-order valence-electron chi connectivity index (χ4n) is 2.66. The van der Waals surface area contributed by atoms with Crippen LogP contribution in [0.25, 0.3) is 11.3 Å². The first-order valence-electron chi connectivity index (χ1n) is 8.30. The number of carbonyl (C=O) groups excluding carboxylic acids is 2. The van der Waals surface area contributed by atoms with E-state index < -0.39 is 64.3 Å². The summed E-state index contributed by atoms with van der Waals surface area (Å²) in [5, 5.41) is 0. The van der Waals surface area contributed by atoms with Crippen molar-refractivity contribution in [1.29, 1.82) is 0 Å². The summed E-state index contributed by atoms with van der Waals surface area (Å²) in [4.78, 5) is 29.4. The Labute approximate surface area is 177 Å². The average Bonchev–Trinajstić information content (AvgIpc) is 2.64. The number of nitrogen functional groups attached to an aromatic ring is 1. The number of aryl methyl sites for hydroxylation is 1. The third-order valence-electron chi connectivity index (χ3n) is 4.21. The molecule has 1 heterocycles. The fourth-order valence-corrected chi connectivity index (χ4v) is 2.66. The van der Waals surface area contributed by atoms with Crippen molar-refractivity contribution in [2.45, 2.75) is 31.1 Å². The van der Waals surface area contributed by atoms with Crippen molar-refractivity contribution in [3.63, 3.8) is 0 Å².